The molecule has 0 saturated heterocycles. The van der Waals surface area contributed by atoms with Gasteiger partial charge in [0.2, 0.25) is 0 Å². The molecule has 2 aromatic carbocycles. The topological polar surface area (TPSA) is 74.6 Å². The predicted molar refractivity (Wildman–Crippen MR) is 111 cm³/mol. The van der Waals surface area contributed by atoms with Gasteiger partial charge in [0.15, 0.2) is 0 Å². The molecule has 0 amide bonds. The van der Waals surface area contributed by atoms with Crippen molar-refractivity contribution in [3.8, 4) is 0 Å². The van der Waals surface area contributed by atoms with E-state index in [0.29, 0.717) is 24.3 Å². The molecular weight excluding hydrogens is 352 g/mol. The molecule has 2 N–H and O–H groups in total. The Balaban J connectivity index is 2.25. The number of carbonyl (C=O) groups is 2. The molecule has 2 aromatic rings. The summed E-state index contributed by atoms with van der Waals surface area (Å²) in [6.45, 7) is 4.43. The van der Waals surface area contributed by atoms with Crippen molar-refractivity contribution in [1.82, 2.24) is 0 Å². The Labute approximate surface area is 167 Å². The Morgan fingerprint density at radius 3 is 2.14 bits per heavy atom. The van der Waals surface area contributed by atoms with Crippen LogP contribution in [0.5, 0.6) is 0 Å². The molecule has 0 atom stereocenters. The number of unbranched alkanes of at least 4 members (excludes halogenated alkanes) is 3. The van der Waals surface area contributed by atoms with Crippen molar-refractivity contribution < 1.29 is 19.8 Å². The van der Waals surface area contributed by atoms with Gasteiger partial charge in [-0.25, -0.2) is 9.59 Å². The molecular formula is C24H30O4. The van der Waals surface area contributed by atoms with Gasteiger partial charge in [0.05, 0.1) is 11.1 Å². The molecule has 150 valence electrons. The fourth-order valence-electron chi connectivity index (χ4n) is 3.59. The van der Waals surface area contributed by atoms with Crippen LogP contribution in [-0.4, -0.2) is 22.2 Å². The van der Waals surface area contributed by atoms with Crippen LogP contribution in [0, 0.1) is 5.92 Å². The highest BCUT2D eigenvalue weighted by Crippen LogP contribution is 2.25. The van der Waals surface area contributed by atoms with Crippen molar-refractivity contribution in [3.63, 3.8) is 0 Å². The highest BCUT2D eigenvalue weighted by Gasteiger charge is 2.22. The second kappa shape index (κ2) is 10.6. The van der Waals surface area contributed by atoms with Crippen molar-refractivity contribution in [2.45, 2.75) is 58.8 Å². The van der Waals surface area contributed by atoms with Crippen LogP contribution in [0.4, 0.5) is 0 Å². The van der Waals surface area contributed by atoms with Gasteiger partial charge in [-0.15, -0.1) is 0 Å². The zero-order chi connectivity index (χ0) is 20.5. The third-order valence-electron chi connectivity index (χ3n) is 5.05. The molecule has 0 bridgehead atoms. The van der Waals surface area contributed by atoms with E-state index in [9.17, 15) is 19.8 Å². The lowest BCUT2D eigenvalue weighted by atomic mass is 9.89. The smallest absolute Gasteiger partial charge is 0.336 e. The van der Waals surface area contributed by atoms with Gasteiger partial charge in [0, 0.05) is 0 Å². The molecule has 4 heteroatoms. The second-order valence-corrected chi connectivity index (χ2v) is 7.75. The van der Waals surface area contributed by atoms with Gasteiger partial charge in [-0.2, -0.15) is 0 Å². The summed E-state index contributed by atoms with van der Waals surface area (Å²) in [6.07, 6.45) is 6.57. The van der Waals surface area contributed by atoms with Gasteiger partial charge in [0.1, 0.15) is 0 Å². The molecule has 0 aliphatic rings. The number of benzene rings is 2. The van der Waals surface area contributed by atoms with Crippen molar-refractivity contribution >= 4 is 11.9 Å². The third kappa shape index (κ3) is 6.22. The van der Waals surface area contributed by atoms with Gasteiger partial charge in [-0.05, 0) is 47.9 Å². The zero-order valence-electron chi connectivity index (χ0n) is 16.8. The summed E-state index contributed by atoms with van der Waals surface area (Å²) in [5.41, 5.74) is 2.47. The Morgan fingerprint density at radius 1 is 0.857 bits per heavy atom. The first kappa shape index (κ1) is 21.7. The molecule has 0 fully saturated rings. The van der Waals surface area contributed by atoms with Crippen LogP contribution in [0.2, 0.25) is 0 Å². The number of hydrogen-bond acceptors (Lipinski definition) is 2. The highest BCUT2D eigenvalue weighted by molar-refractivity contribution is 6.03. The lowest BCUT2D eigenvalue weighted by molar-refractivity contribution is 0.0650. The molecule has 28 heavy (non-hydrogen) atoms. The maximum Gasteiger partial charge on any atom is 0.336 e. The first-order valence-corrected chi connectivity index (χ1v) is 10.1. The second-order valence-electron chi connectivity index (χ2n) is 7.75. The lowest BCUT2D eigenvalue weighted by Crippen LogP contribution is -2.14. The van der Waals surface area contributed by atoms with Crippen LogP contribution in [0.1, 0.15) is 83.4 Å². The quantitative estimate of drug-likeness (QED) is 0.480. The molecule has 0 unspecified atom stereocenters. The van der Waals surface area contributed by atoms with E-state index >= 15 is 0 Å². The van der Waals surface area contributed by atoms with E-state index in [4.69, 9.17) is 0 Å². The largest absolute Gasteiger partial charge is 0.478 e. The average molecular weight is 383 g/mol. The fourth-order valence-corrected chi connectivity index (χ4v) is 3.59. The number of carboxylic acids is 2. The molecule has 0 saturated carbocycles. The van der Waals surface area contributed by atoms with Gasteiger partial charge >= 0.3 is 11.9 Å². The first-order valence-electron chi connectivity index (χ1n) is 10.1. The SMILES string of the molecule is CC(C)CCCCCCc1c(Cc2ccccc2)ccc(C(=O)O)c1C(=O)O. The Morgan fingerprint density at radius 2 is 1.54 bits per heavy atom. The molecule has 2 rings (SSSR count). The van der Waals surface area contributed by atoms with Gasteiger partial charge in [0.25, 0.3) is 0 Å². The van der Waals surface area contributed by atoms with Gasteiger partial charge in [-0.1, -0.05) is 75.9 Å². The normalized spacial score (nSPS) is 11.0. The number of carboxylic acid groups (broad SMARTS) is 2. The fraction of sp³-hybridized carbons (Fsp3) is 0.417. The monoisotopic (exact) mass is 382 g/mol. The summed E-state index contributed by atoms with van der Waals surface area (Å²) >= 11 is 0. The summed E-state index contributed by atoms with van der Waals surface area (Å²) < 4.78 is 0. The number of hydrogen-bond donors (Lipinski definition) is 2. The van der Waals surface area contributed by atoms with E-state index in [0.717, 1.165) is 30.4 Å². The Kier molecular flexibility index (Phi) is 8.24. The van der Waals surface area contributed by atoms with E-state index in [1.165, 1.54) is 18.9 Å². The summed E-state index contributed by atoms with van der Waals surface area (Å²) in [6, 6.07) is 13.0. The predicted octanol–water partition coefficient (Wildman–Crippen LogP) is 5.82. The zero-order valence-corrected chi connectivity index (χ0v) is 16.8. The molecule has 0 heterocycles. The van der Waals surface area contributed by atoms with E-state index in [1.807, 2.05) is 30.3 Å². The molecule has 0 aromatic heterocycles. The molecule has 0 spiro atoms. The van der Waals surface area contributed by atoms with Crippen LogP contribution >= 0.6 is 0 Å². The minimum absolute atomic E-state index is 0.0527. The lowest BCUT2D eigenvalue weighted by Gasteiger charge is -2.15. The van der Waals surface area contributed by atoms with E-state index in [-0.39, 0.29) is 11.1 Å². The summed E-state index contributed by atoms with van der Waals surface area (Å²) in [7, 11) is 0. The van der Waals surface area contributed by atoms with Crippen LogP contribution in [0.25, 0.3) is 0 Å². The van der Waals surface area contributed by atoms with Crippen molar-refractivity contribution in [2.24, 2.45) is 5.92 Å². The van der Waals surface area contributed by atoms with Crippen molar-refractivity contribution in [3.05, 3.63) is 70.3 Å². The highest BCUT2D eigenvalue weighted by atomic mass is 16.4. The third-order valence-corrected chi connectivity index (χ3v) is 5.05. The van der Waals surface area contributed by atoms with Crippen LogP contribution in [0.15, 0.2) is 42.5 Å². The van der Waals surface area contributed by atoms with Gasteiger partial charge < -0.3 is 10.2 Å². The molecule has 0 aliphatic carbocycles. The number of rotatable bonds is 11. The van der Waals surface area contributed by atoms with E-state index in [2.05, 4.69) is 13.8 Å². The van der Waals surface area contributed by atoms with E-state index < -0.39 is 11.9 Å². The average Bonchev–Trinajstić information content (AvgIpc) is 2.65. The number of aromatic carboxylic acids is 2. The standard InChI is InChI=1S/C24H30O4/c1-17(2)10-6-3-4-9-13-20-19(16-18-11-7-5-8-12-18)14-15-21(23(25)26)22(20)24(27)28/h5,7-8,11-12,14-15,17H,3-4,6,9-10,13,16H2,1-2H3,(H,25,26)(H,27,28). The Hall–Kier alpha value is -2.62. The maximum atomic E-state index is 11.9. The maximum absolute atomic E-state index is 11.9. The first-order chi connectivity index (χ1) is 13.4. The minimum atomic E-state index is -1.19. The van der Waals surface area contributed by atoms with Crippen molar-refractivity contribution in [1.29, 1.82) is 0 Å². The summed E-state index contributed by atoms with van der Waals surface area (Å²) in [5.74, 6) is -1.66. The molecule has 4 nitrogen and oxygen atoms in total. The molecule has 0 radical (unpaired) electrons. The van der Waals surface area contributed by atoms with E-state index in [1.54, 1.807) is 6.07 Å². The Bertz CT molecular complexity index is 794. The van der Waals surface area contributed by atoms with Crippen LogP contribution in [0.3, 0.4) is 0 Å². The summed E-state index contributed by atoms with van der Waals surface area (Å²) in [5, 5.41) is 19.2. The van der Waals surface area contributed by atoms with Gasteiger partial charge in [-0.3, -0.25) is 0 Å². The minimum Gasteiger partial charge on any atom is -0.478 e. The van der Waals surface area contributed by atoms with Crippen molar-refractivity contribution in [2.75, 3.05) is 0 Å². The summed E-state index contributed by atoms with van der Waals surface area (Å²) in [4.78, 5) is 23.5. The van der Waals surface area contributed by atoms with Crippen LogP contribution in [-0.2, 0) is 12.8 Å². The van der Waals surface area contributed by atoms with Crippen LogP contribution < -0.4 is 0 Å². The molecule has 0 aliphatic heterocycles.